The van der Waals surface area contributed by atoms with Crippen molar-refractivity contribution in [3.63, 3.8) is 0 Å². The van der Waals surface area contributed by atoms with Crippen LogP contribution in [0.5, 0.6) is 5.75 Å². The van der Waals surface area contributed by atoms with E-state index >= 15 is 0 Å². The minimum absolute atomic E-state index is 0. The van der Waals surface area contributed by atoms with Crippen LogP contribution in [0.4, 0.5) is 0 Å². The Bertz CT molecular complexity index is 273. The molecule has 0 aliphatic carbocycles. The van der Waals surface area contributed by atoms with Crippen LogP contribution in [0.2, 0.25) is 0 Å². The van der Waals surface area contributed by atoms with E-state index in [1.807, 2.05) is 30.3 Å². The maximum atomic E-state index is 5.34. The summed E-state index contributed by atoms with van der Waals surface area (Å²) in [5, 5.41) is 0. The summed E-state index contributed by atoms with van der Waals surface area (Å²) in [4.78, 5) is 0. The smallest absolute Gasteiger partial charge is 0.126 e. The van der Waals surface area contributed by atoms with Crippen LogP contribution in [0.25, 0.3) is 6.08 Å². The van der Waals surface area contributed by atoms with Gasteiger partial charge in [-0.05, 0) is 12.1 Å². The van der Waals surface area contributed by atoms with Gasteiger partial charge in [-0.3, -0.25) is 0 Å². The van der Waals surface area contributed by atoms with Gasteiger partial charge in [0.15, 0.2) is 0 Å². The first kappa shape index (κ1) is 12.6. The molecule has 12 heavy (non-hydrogen) atoms. The van der Waals surface area contributed by atoms with E-state index in [2.05, 4.69) is 6.08 Å². The molecule has 60 valence electrons. The van der Waals surface area contributed by atoms with Gasteiger partial charge in [0.05, 0.1) is 0 Å². The average molecular weight is 328 g/mol. The molecule has 1 aliphatic rings. The third-order valence-electron chi connectivity index (χ3n) is 1.55. The number of rotatable bonds is 0. The third-order valence-corrected chi connectivity index (χ3v) is 1.55. The Morgan fingerprint density at radius 3 is 2.67 bits per heavy atom. The van der Waals surface area contributed by atoms with E-state index in [4.69, 9.17) is 4.74 Å². The van der Waals surface area contributed by atoms with Crippen molar-refractivity contribution in [2.75, 3.05) is 6.61 Å². The second-order valence-electron chi connectivity index (χ2n) is 2.25. The Morgan fingerprint density at radius 2 is 1.92 bits per heavy atom. The first-order chi connectivity index (χ1) is 4.97. The van der Waals surface area contributed by atoms with Gasteiger partial charge in [-0.15, -0.1) is 0 Å². The van der Waals surface area contributed by atoms with Gasteiger partial charge in [0.2, 0.25) is 0 Å². The molecule has 0 saturated carbocycles. The molecule has 0 spiro atoms. The molecule has 0 unspecified atom stereocenters. The summed E-state index contributed by atoms with van der Waals surface area (Å²) in [6, 6.07) is 8.03. The summed E-state index contributed by atoms with van der Waals surface area (Å²) < 4.78 is 5.34. The van der Waals surface area contributed by atoms with Gasteiger partial charge in [-0.2, -0.15) is 0 Å². The van der Waals surface area contributed by atoms with E-state index in [0.29, 0.717) is 6.61 Å². The molecule has 1 nitrogen and oxygen atoms in total. The molecule has 0 bridgehead atoms. The minimum Gasteiger partial charge on any atom is -0.489 e. The molecule has 0 fully saturated rings. The number of benzene rings is 1. The summed E-state index contributed by atoms with van der Waals surface area (Å²) in [6.45, 7) is 0.705. The number of hydrogen-bond acceptors (Lipinski definition) is 1. The molecule has 0 aromatic heterocycles. The molecular formula is C9H8MnOPr. The number of fused-ring (bicyclic) bond motifs is 1. The molecule has 2 rings (SSSR count). The fourth-order valence-electron chi connectivity index (χ4n) is 1.06. The van der Waals surface area contributed by atoms with Crippen molar-refractivity contribution < 1.29 is 63.1 Å². The molecule has 0 amide bonds. The number of ether oxygens (including phenoxy) is 1. The maximum absolute atomic E-state index is 5.34. The Kier molecular flexibility index (Phi) is 6.48. The van der Waals surface area contributed by atoms with Gasteiger partial charge in [0.25, 0.3) is 0 Å². The monoisotopic (exact) mass is 328 g/mol. The molecule has 0 N–H and O–H groups in total. The number of hydrogen-bond donors (Lipinski definition) is 0. The van der Waals surface area contributed by atoms with Crippen molar-refractivity contribution >= 4 is 6.08 Å². The Balaban J connectivity index is 0.000000605. The molecule has 1 aromatic carbocycles. The van der Waals surface area contributed by atoms with Crippen LogP contribution in [-0.2, 0) is 17.1 Å². The van der Waals surface area contributed by atoms with Crippen LogP contribution in [0.3, 0.4) is 0 Å². The fraction of sp³-hybridized carbons (Fsp3) is 0.111. The standard InChI is InChI=1S/C9H8O.Mn.Pr/c1-2-6-9-8(4-1)5-3-7-10-9;;/h1-6H,7H2;;. The van der Waals surface area contributed by atoms with Crippen molar-refractivity contribution in [2.24, 2.45) is 0 Å². The Morgan fingerprint density at radius 1 is 1.17 bits per heavy atom. The molecule has 0 saturated heterocycles. The molecule has 1 aromatic rings. The zero-order valence-electron chi connectivity index (χ0n) is 6.53. The average Bonchev–Trinajstić information content (AvgIpc) is 2.05. The molecular weight excluding hydrogens is 320 g/mol. The summed E-state index contributed by atoms with van der Waals surface area (Å²) in [5.41, 5.74) is 1.17. The van der Waals surface area contributed by atoms with Gasteiger partial charge in [-0.25, -0.2) is 0 Å². The van der Waals surface area contributed by atoms with E-state index in [9.17, 15) is 0 Å². The predicted molar refractivity (Wildman–Crippen MR) is 41.0 cm³/mol. The zero-order valence-corrected chi connectivity index (χ0v) is 11.4. The third kappa shape index (κ3) is 2.85. The first-order valence-corrected chi connectivity index (χ1v) is 3.35. The van der Waals surface area contributed by atoms with E-state index in [-0.39, 0.29) is 58.4 Å². The quantitative estimate of drug-likeness (QED) is 0.663. The molecule has 3 heteroatoms. The van der Waals surface area contributed by atoms with Gasteiger partial charge in [-0.1, -0.05) is 24.3 Å². The Labute approximate surface area is 116 Å². The van der Waals surface area contributed by atoms with E-state index < -0.39 is 0 Å². The summed E-state index contributed by atoms with van der Waals surface area (Å²) in [6.07, 6.45) is 4.10. The van der Waals surface area contributed by atoms with Crippen molar-refractivity contribution in [1.82, 2.24) is 0 Å². The van der Waals surface area contributed by atoms with Crippen molar-refractivity contribution in [3.05, 3.63) is 35.9 Å². The largest absolute Gasteiger partial charge is 0.489 e. The van der Waals surface area contributed by atoms with E-state index in [1.54, 1.807) is 0 Å². The molecule has 2 radical (unpaired) electrons. The maximum Gasteiger partial charge on any atom is 0.126 e. The van der Waals surface area contributed by atoms with E-state index in [0.717, 1.165) is 5.75 Å². The topological polar surface area (TPSA) is 9.23 Å². The fourth-order valence-corrected chi connectivity index (χ4v) is 1.06. The molecule has 1 aliphatic heterocycles. The van der Waals surface area contributed by atoms with Crippen LogP contribution in [0.1, 0.15) is 5.56 Å². The summed E-state index contributed by atoms with van der Waals surface area (Å²) in [7, 11) is 0. The first-order valence-electron chi connectivity index (χ1n) is 3.35. The minimum atomic E-state index is 0. The second kappa shape index (κ2) is 6.15. The molecule has 1 heterocycles. The second-order valence-corrected chi connectivity index (χ2v) is 2.25. The van der Waals surface area contributed by atoms with Crippen LogP contribution >= 0.6 is 0 Å². The van der Waals surface area contributed by atoms with Crippen LogP contribution in [0.15, 0.2) is 30.3 Å². The number of para-hydroxylation sites is 1. The SMILES string of the molecule is C1=Cc2ccccc2OC1.[Mn].[Pr]. The van der Waals surface area contributed by atoms with Gasteiger partial charge in [0, 0.05) is 63.9 Å². The zero-order chi connectivity index (χ0) is 6.81. The van der Waals surface area contributed by atoms with Gasteiger partial charge < -0.3 is 4.74 Å². The normalized spacial score (nSPS) is 11.7. The van der Waals surface area contributed by atoms with Crippen LogP contribution in [-0.4, -0.2) is 6.61 Å². The van der Waals surface area contributed by atoms with Crippen molar-refractivity contribution in [2.45, 2.75) is 0 Å². The Hall–Kier alpha value is 0.643. The van der Waals surface area contributed by atoms with Crippen molar-refractivity contribution in [3.8, 4) is 5.75 Å². The van der Waals surface area contributed by atoms with E-state index in [1.165, 1.54) is 5.56 Å². The summed E-state index contributed by atoms with van der Waals surface area (Å²) in [5.74, 6) is 0.991. The van der Waals surface area contributed by atoms with Crippen LogP contribution < -0.4 is 4.74 Å². The van der Waals surface area contributed by atoms with Gasteiger partial charge >= 0.3 is 0 Å². The van der Waals surface area contributed by atoms with Crippen LogP contribution in [0, 0.1) is 41.3 Å². The molecule has 0 atom stereocenters. The summed E-state index contributed by atoms with van der Waals surface area (Å²) >= 11 is 0. The van der Waals surface area contributed by atoms with Gasteiger partial charge in [0.1, 0.15) is 12.4 Å². The predicted octanol–water partition coefficient (Wildman–Crippen LogP) is 2.09. The van der Waals surface area contributed by atoms with Crippen molar-refractivity contribution in [1.29, 1.82) is 0 Å².